The molecule has 0 aliphatic rings. The third-order valence-corrected chi connectivity index (χ3v) is 2.99. The van der Waals surface area contributed by atoms with Crippen LogP contribution in [0.15, 0.2) is 18.2 Å². The van der Waals surface area contributed by atoms with E-state index in [1.807, 2.05) is 7.05 Å². The van der Waals surface area contributed by atoms with E-state index in [2.05, 4.69) is 44.3 Å². The van der Waals surface area contributed by atoms with Gasteiger partial charge in [0.2, 0.25) is 0 Å². The van der Waals surface area contributed by atoms with Crippen LogP contribution in [-0.4, -0.2) is 20.3 Å². The van der Waals surface area contributed by atoms with Crippen molar-refractivity contribution in [2.24, 2.45) is 0 Å². The predicted octanol–water partition coefficient (Wildman–Crippen LogP) is 2.99. The molecular weight excluding hydrogens is 198 g/mol. The van der Waals surface area contributed by atoms with Crippen molar-refractivity contribution >= 4 is 0 Å². The number of likely N-dealkylation sites (N-methyl/N-ethyl adjacent to an activating group) is 1. The Labute approximate surface area is 99.0 Å². The number of methoxy groups -OCH3 is 1. The lowest BCUT2D eigenvalue weighted by Crippen LogP contribution is -2.30. The molecule has 2 unspecified atom stereocenters. The lowest BCUT2D eigenvalue weighted by molar-refractivity contribution is 0.0675. The van der Waals surface area contributed by atoms with Gasteiger partial charge in [-0.05, 0) is 32.9 Å². The summed E-state index contributed by atoms with van der Waals surface area (Å²) >= 11 is 0. The van der Waals surface area contributed by atoms with E-state index in [4.69, 9.17) is 4.74 Å². The average Bonchev–Trinajstić information content (AvgIpc) is 2.24. The standard InChI is InChI=1S/C14H23NO/c1-6-13(16-5)14(15-4)12-8-10(2)7-11(3)9-12/h7-9,13-15H,6H2,1-5H3. The van der Waals surface area contributed by atoms with E-state index in [0.29, 0.717) is 0 Å². The van der Waals surface area contributed by atoms with Crippen LogP contribution < -0.4 is 5.32 Å². The summed E-state index contributed by atoms with van der Waals surface area (Å²) in [5.41, 5.74) is 3.93. The Balaban J connectivity index is 3.02. The fraction of sp³-hybridized carbons (Fsp3) is 0.571. The van der Waals surface area contributed by atoms with Gasteiger partial charge >= 0.3 is 0 Å². The Morgan fingerprint density at radius 2 is 1.75 bits per heavy atom. The number of hydrogen-bond donors (Lipinski definition) is 1. The molecule has 16 heavy (non-hydrogen) atoms. The Morgan fingerprint density at radius 3 is 2.12 bits per heavy atom. The molecular formula is C14H23NO. The van der Waals surface area contributed by atoms with Crippen molar-refractivity contribution in [1.82, 2.24) is 5.32 Å². The summed E-state index contributed by atoms with van der Waals surface area (Å²) in [6.07, 6.45) is 1.24. The Morgan fingerprint density at radius 1 is 1.19 bits per heavy atom. The minimum Gasteiger partial charge on any atom is -0.379 e. The molecule has 1 aromatic rings. The van der Waals surface area contributed by atoms with Crippen LogP contribution >= 0.6 is 0 Å². The zero-order chi connectivity index (χ0) is 12.1. The molecule has 0 aliphatic heterocycles. The van der Waals surface area contributed by atoms with Crippen molar-refractivity contribution in [3.05, 3.63) is 34.9 Å². The highest BCUT2D eigenvalue weighted by Crippen LogP contribution is 2.23. The Kier molecular flexibility index (Phi) is 4.97. The van der Waals surface area contributed by atoms with Crippen LogP contribution in [0.25, 0.3) is 0 Å². The lowest BCUT2D eigenvalue weighted by Gasteiger charge is -2.25. The smallest absolute Gasteiger partial charge is 0.0763 e. The van der Waals surface area contributed by atoms with Crippen LogP contribution in [0.4, 0.5) is 0 Å². The number of benzene rings is 1. The second-order valence-corrected chi connectivity index (χ2v) is 4.37. The number of ether oxygens (including phenoxy) is 1. The summed E-state index contributed by atoms with van der Waals surface area (Å²) in [5.74, 6) is 0. The largest absolute Gasteiger partial charge is 0.379 e. The molecule has 0 aromatic heterocycles. The molecule has 90 valence electrons. The van der Waals surface area contributed by atoms with Crippen molar-refractivity contribution in [2.45, 2.75) is 39.3 Å². The first-order valence-electron chi connectivity index (χ1n) is 5.90. The second kappa shape index (κ2) is 6.02. The Hall–Kier alpha value is -0.860. The topological polar surface area (TPSA) is 21.3 Å². The van der Waals surface area contributed by atoms with E-state index in [1.54, 1.807) is 7.11 Å². The summed E-state index contributed by atoms with van der Waals surface area (Å²) in [5, 5.41) is 3.35. The van der Waals surface area contributed by atoms with Gasteiger partial charge in [-0.2, -0.15) is 0 Å². The van der Waals surface area contributed by atoms with Crippen molar-refractivity contribution < 1.29 is 4.74 Å². The third-order valence-electron chi connectivity index (χ3n) is 2.99. The minimum atomic E-state index is 0.228. The van der Waals surface area contributed by atoms with Gasteiger partial charge in [-0.15, -0.1) is 0 Å². The van der Waals surface area contributed by atoms with Crippen LogP contribution in [0, 0.1) is 13.8 Å². The molecule has 0 bridgehead atoms. The molecule has 1 rings (SSSR count). The predicted molar refractivity (Wildman–Crippen MR) is 68.8 cm³/mol. The van der Waals surface area contributed by atoms with Crippen molar-refractivity contribution in [3.63, 3.8) is 0 Å². The number of aryl methyl sites for hydroxylation is 2. The molecule has 0 saturated carbocycles. The SMILES string of the molecule is CCC(OC)C(NC)c1cc(C)cc(C)c1. The lowest BCUT2D eigenvalue weighted by atomic mass is 9.96. The molecule has 0 fully saturated rings. The average molecular weight is 221 g/mol. The van der Waals surface area contributed by atoms with E-state index in [-0.39, 0.29) is 12.1 Å². The number of nitrogens with one attached hydrogen (secondary N) is 1. The Bertz CT molecular complexity index is 311. The molecule has 1 aromatic carbocycles. The van der Waals surface area contributed by atoms with E-state index in [9.17, 15) is 0 Å². The van der Waals surface area contributed by atoms with Gasteiger partial charge in [-0.3, -0.25) is 0 Å². The van der Waals surface area contributed by atoms with Crippen LogP contribution in [0.1, 0.15) is 36.1 Å². The van der Waals surface area contributed by atoms with Gasteiger partial charge in [0.05, 0.1) is 12.1 Å². The van der Waals surface area contributed by atoms with Crippen molar-refractivity contribution in [2.75, 3.05) is 14.2 Å². The monoisotopic (exact) mass is 221 g/mol. The fourth-order valence-corrected chi connectivity index (χ4v) is 2.30. The fourth-order valence-electron chi connectivity index (χ4n) is 2.30. The zero-order valence-electron chi connectivity index (χ0n) is 11.0. The van der Waals surface area contributed by atoms with E-state index in [1.165, 1.54) is 16.7 Å². The second-order valence-electron chi connectivity index (χ2n) is 4.37. The first-order valence-corrected chi connectivity index (χ1v) is 5.90. The van der Waals surface area contributed by atoms with E-state index < -0.39 is 0 Å². The normalized spacial score (nSPS) is 14.8. The van der Waals surface area contributed by atoms with Gasteiger partial charge in [0.1, 0.15) is 0 Å². The number of rotatable bonds is 5. The number of hydrogen-bond acceptors (Lipinski definition) is 2. The van der Waals surface area contributed by atoms with E-state index in [0.717, 1.165) is 6.42 Å². The summed E-state index contributed by atoms with van der Waals surface area (Å²) in [6, 6.07) is 6.93. The highest BCUT2D eigenvalue weighted by Gasteiger charge is 2.19. The summed E-state index contributed by atoms with van der Waals surface area (Å²) < 4.78 is 5.52. The maximum Gasteiger partial charge on any atom is 0.0763 e. The quantitative estimate of drug-likeness (QED) is 0.825. The highest BCUT2D eigenvalue weighted by molar-refractivity contribution is 5.31. The molecule has 0 amide bonds. The molecule has 2 nitrogen and oxygen atoms in total. The minimum absolute atomic E-state index is 0.228. The van der Waals surface area contributed by atoms with Gasteiger partial charge < -0.3 is 10.1 Å². The molecule has 2 heteroatoms. The first kappa shape index (κ1) is 13.2. The molecule has 1 N–H and O–H groups in total. The molecule has 0 spiro atoms. The van der Waals surface area contributed by atoms with Crippen molar-refractivity contribution in [1.29, 1.82) is 0 Å². The van der Waals surface area contributed by atoms with Gasteiger partial charge in [0.25, 0.3) is 0 Å². The van der Waals surface area contributed by atoms with Gasteiger partial charge in [0.15, 0.2) is 0 Å². The molecule has 0 radical (unpaired) electrons. The zero-order valence-corrected chi connectivity index (χ0v) is 11.0. The third kappa shape index (κ3) is 3.06. The summed E-state index contributed by atoms with van der Waals surface area (Å²) in [6.45, 7) is 6.43. The molecule has 2 atom stereocenters. The summed E-state index contributed by atoms with van der Waals surface area (Å²) in [4.78, 5) is 0. The van der Waals surface area contributed by atoms with Gasteiger partial charge in [0, 0.05) is 7.11 Å². The molecule has 0 saturated heterocycles. The van der Waals surface area contributed by atoms with Gasteiger partial charge in [-0.1, -0.05) is 36.2 Å². The highest BCUT2D eigenvalue weighted by atomic mass is 16.5. The maximum atomic E-state index is 5.52. The van der Waals surface area contributed by atoms with Gasteiger partial charge in [-0.25, -0.2) is 0 Å². The molecule has 0 heterocycles. The van der Waals surface area contributed by atoms with Crippen LogP contribution in [0.3, 0.4) is 0 Å². The van der Waals surface area contributed by atoms with Crippen LogP contribution in [-0.2, 0) is 4.74 Å². The van der Waals surface area contributed by atoms with Crippen molar-refractivity contribution in [3.8, 4) is 0 Å². The van der Waals surface area contributed by atoms with E-state index >= 15 is 0 Å². The summed E-state index contributed by atoms with van der Waals surface area (Å²) in [7, 11) is 3.77. The first-order chi connectivity index (χ1) is 7.62. The van der Waals surface area contributed by atoms with Crippen LogP contribution in [0.2, 0.25) is 0 Å². The maximum absolute atomic E-state index is 5.52. The molecule has 0 aliphatic carbocycles. The van der Waals surface area contributed by atoms with Crippen LogP contribution in [0.5, 0.6) is 0 Å².